The van der Waals surface area contributed by atoms with Gasteiger partial charge in [-0.25, -0.2) is 0 Å². The van der Waals surface area contributed by atoms with E-state index < -0.39 is 8.32 Å². The van der Waals surface area contributed by atoms with Gasteiger partial charge in [-0.2, -0.15) is 5.26 Å². The van der Waals surface area contributed by atoms with Gasteiger partial charge in [-0.3, -0.25) is 0 Å². The first-order chi connectivity index (χ1) is 12.9. The average Bonchev–Trinajstić information content (AvgIpc) is 3.08. The molecule has 0 amide bonds. The molecule has 0 radical (unpaired) electrons. The molecule has 2 aromatic rings. The van der Waals surface area contributed by atoms with Crippen LogP contribution in [0.25, 0.3) is 0 Å². The van der Waals surface area contributed by atoms with Crippen LogP contribution in [0.3, 0.4) is 0 Å². The lowest BCUT2D eigenvalue weighted by Gasteiger charge is -2.44. The maximum atomic E-state index is 9.68. The highest BCUT2D eigenvalue weighted by molar-refractivity contribution is 6.99. The molecule has 0 heterocycles. The second-order valence-corrected chi connectivity index (χ2v) is 12.8. The summed E-state index contributed by atoms with van der Waals surface area (Å²) >= 11 is 0. The molecule has 1 saturated carbocycles. The van der Waals surface area contributed by atoms with Crippen LogP contribution in [0.2, 0.25) is 5.04 Å². The quantitative estimate of drug-likeness (QED) is 0.809. The van der Waals surface area contributed by atoms with Crippen molar-refractivity contribution in [2.75, 3.05) is 6.61 Å². The van der Waals surface area contributed by atoms with Gasteiger partial charge in [-0.15, -0.1) is 0 Å². The Kier molecular flexibility index (Phi) is 5.85. The van der Waals surface area contributed by atoms with Crippen molar-refractivity contribution in [2.45, 2.75) is 44.8 Å². The van der Waals surface area contributed by atoms with Crippen LogP contribution in [0.4, 0.5) is 0 Å². The molecule has 0 aromatic heterocycles. The van der Waals surface area contributed by atoms with Crippen LogP contribution in [0.5, 0.6) is 0 Å². The van der Waals surface area contributed by atoms with Crippen molar-refractivity contribution in [3.05, 3.63) is 60.7 Å². The van der Waals surface area contributed by atoms with Gasteiger partial charge in [-0.05, 0) is 28.3 Å². The van der Waals surface area contributed by atoms with Gasteiger partial charge >= 0.3 is 0 Å². The van der Waals surface area contributed by atoms with Crippen molar-refractivity contribution in [3.63, 3.8) is 0 Å². The van der Waals surface area contributed by atoms with Crippen molar-refractivity contribution in [1.82, 2.24) is 0 Å². The Morgan fingerprint density at radius 2 is 1.52 bits per heavy atom. The Bertz CT molecular complexity index is 740. The number of benzene rings is 2. The minimum absolute atomic E-state index is 0.00176. The first-order valence-electron chi connectivity index (χ1n) is 9.71. The summed E-state index contributed by atoms with van der Waals surface area (Å²) in [6, 6.07) is 23.5. The first kappa shape index (κ1) is 19.8. The van der Waals surface area contributed by atoms with Gasteiger partial charge in [0.15, 0.2) is 0 Å². The second kappa shape index (κ2) is 7.98. The summed E-state index contributed by atoms with van der Waals surface area (Å²) in [6.45, 7) is 6.84. The minimum atomic E-state index is -2.59. The van der Waals surface area contributed by atoms with E-state index >= 15 is 0 Å². The van der Waals surface area contributed by atoms with Gasteiger partial charge in [0, 0.05) is 18.6 Å². The van der Waals surface area contributed by atoms with Crippen molar-refractivity contribution >= 4 is 18.7 Å². The molecular weight excluding hydrogens is 350 g/mol. The lowest BCUT2D eigenvalue weighted by molar-refractivity contribution is 0.172. The van der Waals surface area contributed by atoms with E-state index in [4.69, 9.17) is 4.43 Å². The summed E-state index contributed by atoms with van der Waals surface area (Å²) in [5.74, 6) is -0.114. The molecule has 4 heteroatoms. The molecule has 27 heavy (non-hydrogen) atoms. The number of hydrogen-bond donors (Lipinski definition) is 1. The zero-order chi connectivity index (χ0) is 19.5. The third-order valence-corrected chi connectivity index (χ3v) is 10.9. The van der Waals surface area contributed by atoms with E-state index in [9.17, 15) is 10.4 Å². The summed E-state index contributed by atoms with van der Waals surface area (Å²) in [7, 11) is -2.59. The molecule has 1 aliphatic rings. The topological polar surface area (TPSA) is 53.2 Å². The molecule has 0 unspecified atom stereocenters. The van der Waals surface area contributed by atoms with Crippen molar-refractivity contribution < 1.29 is 9.53 Å². The highest BCUT2D eigenvalue weighted by Crippen LogP contribution is 2.41. The van der Waals surface area contributed by atoms with Gasteiger partial charge in [-0.1, -0.05) is 81.4 Å². The number of aliphatic hydroxyl groups excluding tert-OH is 1. The van der Waals surface area contributed by atoms with E-state index in [0.29, 0.717) is 6.42 Å². The summed E-state index contributed by atoms with van der Waals surface area (Å²) < 4.78 is 7.08. The monoisotopic (exact) mass is 379 g/mol. The summed E-state index contributed by atoms with van der Waals surface area (Å²) in [6.07, 6.45) is 1.45. The van der Waals surface area contributed by atoms with E-state index in [2.05, 4.69) is 75.4 Å². The molecule has 1 aliphatic carbocycles. The van der Waals surface area contributed by atoms with Gasteiger partial charge in [0.1, 0.15) is 0 Å². The van der Waals surface area contributed by atoms with Crippen LogP contribution in [0, 0.1) is 23.2 Å². The summed E-state index contributed by atoms with van der Waals surface area (Å²) in [5.41, 5.74) is 0. The lowest BCUT2D eigenvalue weighted by Crippen LogP contribution is -2.67. The zero-order valence-electron chi connectivity index (χ0n) is 16.4. The maximum Gasteiger partial charge on any atom is 0.261 e. The maximum absolute atomic E-state index is 9.68. The summed E-state index contributed by atoms with van der Waals surface area (Å²) in [5, 5.41) is 21.6. The van der Waals surface area contributed by atoms with Crippen LogP contribution in [-0.2, 0) is 4.43 Å². The molecule has 0 bridgehead atoms. The molecule has 1 fully saturated rings. The minimum Gasteiger partial charge on any atom is -0.404 e. The molecule has 142 valence electrons. The van der Waals surface area contributed by atoms with E-state index in [1.807, 2.05) is 12.1 Å². The second-order valence-electron chi connectivity index (χ2n) is 8.55. The fourth-order valence-electron chi connectivity index (χ4n) is 4.47. The van der Waals surface area contributed by atoms with E-state index in [1.54, 1.807) is 0 Å². The van der Waals surface area contributed by atoms with Crippen LogP contribution in [-0.4, -0.2) is 26.1 Å². The Morgan fingerprint density at radius 3 is 1.89 bits per heavy atom. The van der Waals surface area contributed by atoms with Crippen molar-refractivity contribution in [3.8, 4) is 6.07 Å². The number of aliphatic hydroxyl groups is 1. The third kappa shape index (κ3) is 3.73. The summed E-state index contributed by atoms with van der Waals surface area (Å²) in [4.78, 5) is 0. The molecule has 0 saturated heterocycles. The predicted molar refractivity (Wildman–Crippen MR) is 111 cm³/mol. The first-order valence-corrected chi connectivity index (χ1v) is 11.6. The average molecular weight is 380 g/mol. The molecular formula is C23H29NO2Si. The van der Waals surface area contributed by atoms with Gasteiger partial charge < -0.3 is 9.53 Å². The predicted octanol–water partition coefficient (Wildman–Crippen LogP) is 3.47. The van der Waals surface area contributed by atoms with E-state index in [1.165, 1.54) is 10.4 Å². The molecule has 2 aromatic carbocycles. The molecule has 0 spiro atoms. The van der Waals surface area contributed by atoms with Gasteiger partial charge in [0.05, 0.1) is 12.0 Å². The fourth-order valence-corrected chi connectivity index (χ4v) is 9.18. The Labute approximate surface area is 163 Å². The van der Waals surface area contributed by atoms with Gasteiger partial charge in [0.25, 0.3) is 8.32 Å². The number of nitrogens with zero attached hydrogens (tertiary/aromatic N) is 1. The zero-order valence-corrected chi connectivity index (χ0v) is 17.4. The molecule has 1 N–H and O–H groups in total. The number of rotatable bonds is 5. The number of hydrogen-bond acceptors (Lipinski definition) is 3. The fraction of sp³-hybridized carbons (Fsp3) is 0.435. The largest absolute Gasteiger partial charge is 0.404 e. The Morgan fingerprint density at radius 1 is 1.00 bits per heavy atom. The molecule has 3 rings (SSSR count). The third-order valence-electron chi connectivity index (χ3n) is 5.81. The lowest BCUT2D eigenvalue weighted by atomic mass is 9.99. The van der Waals surface area contributed by atoms with Crippen LogP contribution in [0.1, 0.15) is 33.6 Å². The normalized spacial score (nSPS) is 23.1. The van der Waals surface area contributed by atoms with Crippen LogP contribution >= 0.6 is 0 Å². The van der Waals surface area contributed by atoms with E-state index in [-0.39, 0.29) is 29.6 Å². The Balaban J connectivity index is 2.09. The smallest absolute Gasteiger partial charge is 0.261 e. The van der Waals surface area contributed by atoms with Gasteiger partial charge in [0.2, 0.25) is 0 Å². The van der Waals surface area contributed by atoms with Crippen molar-refractivity contribution in [1.29, 1.82) is 5.26 Å². The standard InChI is InChI=1S/C23H29NO2Si/c1-23(2,3)27(21-10-6-4-7-11-21,22-12-8-5-9-13-22)26-20-14-18(16-24)19(15-20)17-25/h4-13,18-20,25H,14-15,17H2,1-3H3/t18-,19-,20-/m1/s1. The SMILES string of the molecule is CC(C)(C)[Si](O[C@H]1C[C@H](CO)[C@@H](C#N)C1)(c1ccccc1)c1ccccc1. The van der Waals surface area contributed by atoms with Crippen LogP contribution < -0.4 is 10.4 Å². The highest BCUT2D eigenvalue weighted by atomic mass is 28.4. The Hall–Kier alpha value is -1.93. The van der Waals surface area contributed by atoms with Crippen LogP contribution in [0.15, 0.2) is 60.7 Å². The molecule has 3 nitrogen and oxygen atoms in total. The number of nitriles is 1. The molecule has 0 aliphatic heterocycles. The van der Waals surface area contributed by atoms with Crippen molar-refractivity contribution in [2.24, 2.45) is 11.8 Å². The highest BCUT2D eigenvalue weighted by Gasteiger charge is 2.52. The molecule has 3 atom stereocenters. The van der Waals surface area contributed by atoms with E-state index in [0.717, 1.165) is 6.42 Å².